The number of carbonyl (C=O) groups is 1. The summed E-state index contributed by atoms with van der Waals surface area (Å²) in [6, 6.07) is 20.0. The predicted octanol–water partition coefficient (Wildman–Crippen LogP) is 4.05. The number of nitrogens with one attached hydrogen (secondary N) is 1. The van der Waals surface area contributed by atoms with Crippen LogP contribution in [0.15, 0.2) is 84.4 Å². The first-order valence-corrected chi connectivity index (χ1v) is 10.5. The second-order valence-electron chi connectivity index (χ2n) is 6.82. The largest absolute Gasteiger partial charge is 0.351 e. The Labute approximate surface area is 179 Å². The smallest absolute Gasteiger partial charge is 0.230 e. The first-order valence-electron chi connectivity index (χ1n) is 9.55. The van der Waals surface area contributed by atoms with Gasteiger partial charge in [-0.2, -0.15) is 0 Å². The lowest BCUT2D eigenvalue weighted by atomic mass is 10.1. The number of thioether (sulfide) groups is 1. The number of imidazole rings is 1. The number of benzene rings is 2. The number of hydrogen-bond acceptors (Lipinski definition) is 5. The molecule has 0 aliphatic heterocycles. The van der Waals surface area contributed by atoms with E-state index in [1.807, 2.05) is 78.4 Å². The fourth-order valence-electron chi connectivity index (χ4n) is 2.86. The molecular weight excluding hydrogens is 394 g/mol. The molecule has 0 bridgehead atoms. The van der Waals surface area contributed by atoms with Gasteiger partial charge in [0.25, 0.3) is 0 Å². The van der Waals surface area contributed by atoms with E-state index in [1.165, 1.54) is 17.3 Å². The van der Waals surface area contributed by atoms with Gasteiger partial charge in [0.1, 0.15) is 5.03 Å². The fourth-order valence-corrected chi connectivity index (χ4v) is 3.51. The Kier molecular flexibility index (Phi) is 6.20. The zero-order valence-electron chi connectivity index (χ0n) is 16.5. The van der Waals surface area contributed by atoms with Crippen LogP contribution in [0.4, 0.5) is 0 Å². The SMILES string of the molecule is Cc1ccc(CNC(=O)CSc2ccc(-c3ccc(-n4ccnc4)cc3)nn2)cc1. The molecule has 2 heterocycles. The van der Waals surface area contributed by atoms with Crippen LogP contribution in [-0.4, -0.2) is 31.4 Å². The van der Waals surface area contributed by atoms with E-state index < -0.39 is 0 Å². The maximum atomic E-state index is 12.1. The van der Waals surface area contributed by atoms with E-state index >= 15 is 0 Å². The van der Waals surface area contributed by atoms with Crippen molar-refractivity contribution in [2.45, 2.75) is 18.5 Å². The average Bonchev–Trinajstić information content (AvgIpc) is 3.33. The Morgan fingerprint density at radius 2 is 1.80 bits per heavy atom. The third kappa shape index (κ3) is 5.12. The summed E-state index contributed by atoms with van der Waals surface area (Å²) >= 11 is 1.37. The minimum Gasteiger partial charge on any atom is -0.351 e. The van der Waals surface area contributed by atoms with Crippen molar-refractivity contribution in [2.75, 3.05) is 5.75 Å². The highest BCUT2D eigenvalue weighted by atomic mass is 32.2. The summed E-state index contributed by atoms with van der Waals surface area (Å²) in [5, 5.41) is 12.2. The molecule has 0 radical (unpaired) electrons. The second-order valence-corrected chi connectivity index (χ2v) is 7.82. The van der Waals surface area contributed by atoms with Gasteiger partial charge < -0.3 is 9.88 Å². The summed E-state index contributed by atoms with van der Waals surface area (Å²) in [5.74, 6) is 0.279. The van der Waals surface area contributed by atoms with E-state index in [9.17, 15) is 4.79 Å². The molecule has 4 rings (SSSR count). The first-order chi connectivity index (χ1) is 14.7. The fraction of sp³-hybridized carbons (Fsp3) is 0.130. The number of rotatable bonds is 7. The molecule has 0 aliphatic carbocycles. The van der Waals surface area contributed by atoms with E-state index in [2.05, 4.69) is 20.5 Å². The van der Waals surface area contributed by atoms with Crippen molar-refractivity contribution in [2.24, 2.45) is 0 Å². The quantitative estimate of drug-likeness (QED) is 0.461. The summed E-state index contributed by atoms with van der Waals surface area (Å²) in [7, 11) is 0. The number of nitrogens with zero attached hydrogens (tertiary/aromatic N) is 4. The molecule has 4 aromatic rings. The minimum absolute atomic E-state index is 0.0263. The molecule has 1 N–H and O–H groups in total. The summed E-state index contributed by atoms with van der Waals surface area (Å²) in [5.41, 5.74) is 5.10. The van der Waals surface area contributed by atoms with Crippen molar-refractivity contribution in [3.63, 3.8) is 0 Å². The minimum atomic E-state index is -0.0263. The molecule has 0 fully saturated rings. The molecule has 0 saturated carbocycles. The van der Waals surface area contributed by atoms with Gasteiger partial charge in [-0.1, -0.05) is 53.7 Å². The van der Waals surface area contributed by atoms with Crippen molar-refractivity contribution in [1.29, 1.82) is 0 Å². The van der Waals surface area contributed by atoms with Crippen molar-refractivity contribution in [1.82, 2.24) is 25.1 Å². The molecule has 0 unspecified atom stereocenters. The summed E-state index contributed by atoms with van der Waals surface area (Å²) in [4.78, 5) is 16.1. The third-order valence-corrected chi connectivity index (χ3v) is 5.49. The van der Waals surface area contributed by atoms with Crippen molar-refractivity contribution < 1.29 is 4.79 Å². The van der Waals surface area contributed by atoms with Crippen LogP contribution in [0.3, 0.4) is 0 Å². The Morgan fingerprint density at radius 1 is 1.00 bits per heavy atom. The van der Waals surface area contributed by atoms with Crippen molar-refractivity contribution in [3.05, 3.63) is 90.5 Å². The summed E-state index contributed by atoms with van der Waals surface area (Å²) < 4.78 is 1.94. The van der Waals surface area contributed by atoms with Gasteiger partial charge >= 0.3 is 0 Å². The van der Waals surface area contributed by atoms with Gasteiger partial charge in [-0.25, -0.2) is 4.98 Å². The lowest BCUT2D eigenvalue weighted by Crippen LogP contribution is -2.24. The molecule has 2 aromatic carbocycles. The van der Waals surface area contributed by atoms with E-state index in [0.717, 1.165) is 27.5 Å². The highest BCUT2D eigenvalue weighted by Crippen LogP contribution is 2.21. The van der Waals surface area contributed by atoms with Crippen LogP contribution >= 0.6 is 11.8 Å². The molecule has 7 heteroatoms. The van der Waals surface area contributed by atoms with Crippen LogP contribution in [0.25, 0.3) is 16.9 Å². The van der Waals surface area contributed by atoms with Gasteiger partial charge in [0, 0.05) is 30.2 Å². The molecule has 0 aliphatic rings. The average molecular weight is 416 g/mol. The number of carbonyl (C=O) groups excluding carboxylic acids is 1. The van der Waals surface area contributed by atoms with E-state index in [-0.39, 0.29) is 5.91 Å². The Balaban J connectivity index is 1.29. The normalized spacial score (nSPS) is 10.7. The third-order valence-electron chi connectivity index (χ3n) is 4.57. The van der Waals surface area contributed by atoms with Crippen LogP contribution < -0.4 is 5.32 Å². The lowest BCUT2D eigenvalue weighted by Gasteiger charge is -2.06. The molecule has 0 saturated heterocycles. The monoisotopic (exact) mass is 415 g/mol. The van der Waals surface area contributed by atoms with E-state index in [0.29, 0.717) is 12.3 Å². The van der Waals surface area contributed by atoms with Gasteiger partial charge in [-0.05, 0) is 36.8 Å². The maximum Gasteiger partial charge on any atom is 0.230 e. The van der Waals surface area contributed by atoms with Crippen molar-refractivity contribution >= 4 is 17.7 Å². The van der Waals surface area contributed by atoms with Gasteiger partial charge in [0.2, 0.25) is 5.91 Å². The molecule has 2 aromatic heterocycles. The molecule has 30 heavy (non-hydrogen) atoms. The number of hydrogen-bond donors (Lipinski definition) is 1. The zero-order chi connectivity index (χ0) is 20.8. The van der Waals surface area contributed by atoms with Crippen LogP contribution in [0, 0.1) is 6.92 Å². The van der Waals surface area contributed by atoms with Gasteiger partial charge in [0.05, 0.1) is 17.8 Å². The van der Waals surface area contributed by atoms with Crippen LogP contribution in [0.1, 0.15) is 11.1 Å². The molecule has 1 amide bonds. The summed E-state index contributed by atoms with van der Waals surface area (Å²) in [6.07, 6.45) is 5.41. The summed E-state index contributed by atoms with van der Waals surface area (Å²) in [6.45, 7) is 2.57. The maximum absolute atomic E-state index is 12.1. The molecule has 6 nitrogen and oxygen atoms in total. The second kappa shape index (κ2) is 9.37. The van der Waals surface area contributed by atoms with Crippen LogP contribution in [-0.2, 0) is 11.3 Å². The van der Waals surface area contributed by atoms with Gasteiger partial charge in [-0.15, -0.1) is 10.2 Å². The zero-order valence-corrected chi connectivity index (χ0v) is 17.3. The highest BCUT2D eigenvalue weighted by Gasteiger charge is 2.06. The number of aromatic nitrogens is 4. The van der Waals surface area contributed by atoms with Gasteiger partial charge in [0.15, 0.2) is 0 Å². The molecule has 150 valence electrons. The van der Waals surface area contributed by atoms with Gasteiger partial charge in [-0.3, -0.25) is 4.79 Å². The molecular formula is C23H21N5OS. The van der Waals surface area contributed by atoms with E-state index in [4.69, 9.17) is 0 Å². The predicted molar refractivity (Wildman–Crippen MR) is 118 cm³/mol. The highest BCUT2D eigenvalue weighted by molar-refractivity contribution is 7.99. The van der Waals surface area contributed by atoms with Crippen LogP contribution in [0.2, 0.25) is 0 Å². The first kappa shape index (κ1) is 19.8. The van der Waals surface area contributed by atoms with Crippen LogP contribution in [0.5, 0.6) is 0 Å². The number of amides is 1. The Bertz CT molecular complexity index is 1090. The molecule has 0 spiro atoms. The lowest BCUT2D eigenvalue weighted by molar-refractivity contribution is -0.118. The Hall–Kier alpha value is -3.45. The van der Waals surface area contributed by atoms with Crippen molar-refractivity contribution in [3.8, 4) is 16.9 Å². The number of aryl methyl sites for hydroxylation is 1. The standard InChI is InChI=1S/C23H21N5OS/c1-17-2-4-18(5-3-17)14-25-22(29)15-30-23-11-10-21(26-27-23)19-6-8-20(9-7-19)28-13-12-24-16-28/h2-13,16H,14-15H2,1H3,(H,25,29). The topological polar surface area (TPSA) is 72.7 Å². The molecule has 0 atom stereocenters. The van der Waals surface area contributed by atoms with E-state index in [1.54, 1.807) is 12.5 Å². The Morgan fingerprint density at radius 3 is 2.47 bits per heavy atom.